The molecule has 2 amide bonds. The first-order valence-corrected chi connectivity index (χ1v) is 5.48. The molecule has 0 spiro atoms. The molecule has 1 aromatic rings. The zero-order chi connectivity index (χ0) is 16.9. The van der Waals surface area contributed by atoms with Gasteiger partial charge in [-0.1, -0.05) is 13.8 Å². The summed E-state index contributed by atoms with van der Waals surface area (Å²) in [6, 6.07) is -0.608. The predicted octanol–water partition coefficient (Wildman–Crippen LogP) is 2.03. The van der Waals surface area contributed by atoms with Gasteiger partial charge in [0.05, 0.1) is 8.78 Å². The van der Waals surface area contributed by atoms with Gasteiger partial charge in [0, 0.05) is 23.8 Å². The van der Waals surface area contributed by atoms with E-state index in [4.69, 9.17) is 18.5 Å². The molecule has 0 saturated carbocycles. The molecule has 1 aromatic heterocycles. The number of anilines is 1. The Bertz CT molecular complexity index is 594. The van der Waals surface area contributed by atoms with Crippen LogP contribution in [-0.4, -0.2) is 40.4 Å². The van der Waals surface area contributed by atoms with Crippen LogP contribution in [0.15, 0.2) is 12.3 Å². The Morgan fingerprint density at radius 1 is 1.71 bits per heavy atom. The number of rotatable bonds is 2. The van der Waals surface area contributed by atoms with E-state index in [1.54, 1.807) is 13.8 Å². The molecule has 6 heteroatoms. The van der Waals surface area contributed by atoms with Gasteiger partial charge in [0.25, 0.3) is 0 Å². The summed E-state index contributed by atoms with van der Waals surface area (Å²) in [5, 5.41) is -0.110. The Morgan fingerprint density at radius 2 is 2.47 bits per heavy atom. The van der Waals surface area contributed by atoms with Gasteiger partial charge >= 0.3 is 6.03 Å². The van der Waals surface area contributed by atoms with E-state index in [0.717, 1.165) is 4.90 Å². The maximum absolute atomic E-state index is 12.5. The molecule has 1 aliphatic rings. The third kappa shape index (κ3) is 2.20. The minimum Gasteiger partial charge on any atom is -0.325 e. The van der Waals surface area contributed by atoms with Crippen LogP contribution >= 0.6 is 11.6 Å². The van der Waals surface area contributed by atoms with Crippen LogP contribution in [-0.2, 0) is 0 Å². The van der Waals surface area contributed by atoms with Crippen molar-refractivity contribution >= 4 is 23.4 Å². The molecule has 0 aliphatic carbocycles. The van der Waals surface area contributed by atoms with Crippen LogP contribution < -0.4 is 4.90 Å². The summed E-state index contributed by atoms with van der Waals surface area (Å²) in [6.45, 7) is -1.88. The molecule has 17 heavy (non-hydrogen) atoms. The molecular weight excluding hydrogens is 240 g/mol. The maximum Gasteiger partial charge on any atom is 0.325 e. The van der Waals surface area contributed by atoms with Crippen molar-refractivity contribution in [2.24, 2.45) is 5.92 Å². The van der Waals surface area contributed by atoms with E-state index in [1.165, 1.54) is 12.3 Å². The quantitative estimate of drug-likeness (QED) is 0.764. The summed E-state index contributed by atoms with van der Waals surface area (Å²) in [7, 11) is 0. The lowest BCUT2D eigenvalue weighted by atomic mass is 10.0. The van der Waals surface area contributed by atoms with Gasteiger partial charge in [-0.15, -0.1) is 0 Å². The minimum atomic E-state index is -2.90. The van der Waals surface area contributed by atoms with E-state index in [2.05, 4.69) is 9.97 Å². The topological polar surface area (TPSA) is 49.3 Å². The average Bonchev–Trinajstić information content (AvgIpc) is 2.54. The Labute approximate surface area is 112 Å². The lowest BCUT2D eigenvalue weighted by molar-refractivity contribution is 0.229. The number of carbonyl (C=O) groups is 1. The van der Waals surface area contributed by atoms with Crippen molar-refractivity contribution < 1.29 is 11.6 Å². The van der Waals surface area contributed by atoms with Gasteiger partial charge in [-0.25, -0.2) is 14.8 Å². The van der Waals surface area contributed by atoms with Crippen molar-refractivity contribution in [3.05, 3.63) is 17.5 Å². The second kappa shape index (κ2) is 4.49. The van der Waals surface area contributed by atoms with Gasteiger partial charge in [-0.05, 0) is 23.6 Å². The van der Waals surface area contributed by atoms with Gasteiger partial charge < -0.3 is 4.90 Å². The highest BCUT2D eigenvalue weighted by molar-refractivity contribution is 6.28. The van der Waals surface area contributed by atoms with Gasteiger partial charge in [-0.2, -0.15) is 0 Å². The second-order valence-electron chi connectivity index (χ2n) is 3.99. The number of urea groups is 1. The first kappa shape index (κ1) is 7.16. The van der Waals surface area contributed by atoms with Crippen LogP contribution in [0.1, 0.15) is 20.7 Å². The van der Waals surface area contributed by atoms with E-state index >= 15 is 0 Å². The summed E-state index contributed by atoms with van der Waals surface area (Å²) < 4.78 is 38.6. The molecule has 1 saturated heterocycles. The summed E-state index contributed by atoms with van der Waals surface area (Å²) in [5.74, 6) is -0.278. The van der Waals surface area contributed by atoms with Crippen molar-refractivity contribution in [3.63, 3.8) is 0 Å². The highest BCUT2D eigenvalue weighted by Gasteiger charge is 2.38. The number of hydrogen-bond donors (Lipinski definition) is 0. The molecule has 1 fully saturated rings. The van der Waals surface area contributed by atoms with Crippen LogP contribution in [0.4, 0.5) is 10.6 Å². The Morgan fingerprint density at radius 3 is 3.06 bits per heavy atom. The van der Waals surface area contributed by atoms with Crippen molar-refractivity contribution in [1.29, 1.82) is 0 Å². The Kier molecular flexibility index (Phi) is 1.89. The van der Waals surface area contributed by atoms with Crippen molar-refractivity contribution in [2.75, 3.05) is 18.4 Å². The molecule has 0 bridgehead atoms. The maximum atomic E-state index is 12.5. The number of carbonyl (C=O) groups excluding carboxylic acids is 1. The molecule has 1 atom stereocenters. The molecule has 0 aromatic carbocycles. The van der Waals surface area contributed by atoms with E-state index < -0.39 is 25.5 Å². The SMILES string of the molecule is [2H]C([2H])([2H])N1C(=O)N(c2ccnc(Cl)n2)C(C(C)C)C1([2H])[2H]. The smallest absolute Gasteiger partial charge is 0.325 e. The molecule has 0 radical (unpaired) electrons. The zero-order valence-corrected chi connectivity index (χ0v) is 10.1. The summed E-state index contributed by atoms with van der Waals surface area (Å²) in [4.78, 5) is 21.5. The average molecular weight is 260 g/mol. The molecular formula is C11H15ClN4O. The van der Waals surface area contributed by atoms with E-state index in [-0.39, 0.29) is 21.9 Å². The number of likely N-dealkylation sites (N-methyl/N-ethyl adjacent to an activating group) is 1. The molecule has 2 heterocycles. The van der Waals surface area contributed by atoms with Crippen LogP contribution in [0.2, 0.25) is 5.28 Å². The van der Waals surface area contributed by atoms with Gasteiger partial charge in [-0.3, -0.25) is 4.90 Å². The molecule has 2 rings (SSSR count). The summed E-state index contributed by atoms with van der Waals surface area (Å²) in [5.41, 5.74) is 0. The molecule has 1 unspecified atom stereocenters. The van der Waals surface area contributed by atoms with E-state index in [1.807, 2.05) is 0 Å². The number of amides is 2. The van der Waals surface area contributed by atoms with Crippen LogP contribution in [0.25, 0.3) is 0 Å². The van der Waals surface area contributed by atoms with Crippen molar-refractivity contribution in [3.8, 4) is 0 Å². The third-order valence-corrected chi connectivity index (χ3v) is 2.61. The first-order chi connectivity index (χ1) is 9.98. The minimum absolute atomic E-state index is 0.0688. The summed E-state index contributed by atoms with van der Waals surface area (Å²) >= 11 is 5.72. The molecule has 5 nitrogen and oxygen atoms in total. The first-order valence-electron chi connectivity index (χ1n) is 7.60. The fourth-order valence-corrected chi connectivity index (χ4v) is 1.76. The van der Waals surface area contributed by atoms with Gasteiger partial charge in [0.2, 0.25) is 5.28 Å². The fourth-order valence-electron chi connectivity index (χ4n) is 1.62. The monoisotopic (exact) mass is 259 g/mol. The summed E-state index contributed by atoms with van der Waals surface area (Å²) in [6.07, 6.45) is 1.32. The van der Waals surface area contributed by atoms with Crippen molar-refractivity contribution in [1.82, 2.24) is 14.9 Å². The zero-order valence-electron chi connectivity index (χ0n) is 14.4. The highest BCUT2D eigenvalue weighted by Crippen LogP contribution is 2.26. The lowest BCUT2D eigenvalue weighted by Crippen LogP contribution is -2.38. The third-order valence-electron chi connectivity index (χ3n) is 2.43. The van der Waals surface area contributed by atoms with Crippen molar-refractivity contribution in [2.45, 2.75) is 19.9 Å². The number of aromatic nitrogens is 2. The van der Waals surface area contributed by atoms with Crippen LogP contribution in [0, 0.1) is 5.92 Å². The predicted molar refractivity (Wildman–Crippen MR) is 66.2 cm³/mol. The normalized spacial score (nSPS) is 28.6. The fraction of sp³-hybridized carbons (Fsp3) is 0.545. The second-order valence-corrected chi connectivity index (χ2v) is 4.33. The number of hydrogen-bond acceptors (Lipinski definition) is 3. The molecule has 1 aliphatic heterocycles. The Hall–Kier alpha value is -1.36. The number of halogens is 1. The largest absolute Gasteiger partial charge is 0.325 e. The van der Waals surface area contributed by atoms with Gasteiger partial charge in [0.15, 0.2) is 0 Å². The van der Waals surface area contributed by atoms with Gasteiger partial charge in [0.1, 0.15) is 5.82 Å². The number of nitrogens with zero attached hydrogens (tertiary/aromatic N) is 4. The Balaban J connectivity index is 2.59. The standard InChI is InChI=1S/C11H15ClN4O/c1-7(2)8-6-15(3)11(17)16(8)9-4-5-13-10(12)14-9/h4-5,7-8H,6H2,1-3H3/i3D3,6D2. The van der Waals surface area contributed by atoms with E-state index in [9.17, 15) is 4.79 Å². The molecule has 92 valence electrons. The van der Waals surface area contributed by atoms with E-state index in [0.29, 0.717) is 0 Å². The molecule has 0 N–H and O–H groups in total. The lowest BCUT2D eigenvalue weighted by Gasteiger charge is -2.24. The highest BCUT2D eigenvalue weighted by atomic mass is 35.5. The van der Waals surface area contributed by atoms with Crippen LogP contribution in [0.5, 0.6) is 0 Å². The van der Waals surface area contributed by atoms with Crippen LogP contribution in [0.3, 0.4) is 0 Å².